The Balaban J connectivity index is 2.22. The molecule has 0 bridgehead atoms. The number of rotatable bonds is 5. The summed E-state index contributed by atoms with van der Waals surface area (Å²) in [6.45, 7) is 6.16. The maximum Gasteiger partial charge on any atom is 0.224 e. The molecular formula is C15H26N4O. The third-order valence-electron chi connectivity index (χ3n) is 3.76. The number of aromatic nitrogens is 2. The Hall–Kier alpha value is -1.36. The van der Waals surface area contributed by atoms with Gasteiger partial charge in [0, 0.05) is 24.8 Å². The summed E-state index contributed by atoms with van der Waals surface area (Å²) in [6.07, 6.45) is 5.68. The summed E-state index contributed by atoms with van der Waals surface area (Å²) in [6, 6.07) is 2.20. The Labute approximate surface area is 121 Å². The lowest BCUT2D eigenvalue weighted by Gasteiger charge is -2.30. The van der Waals surface area contributed by atoms with Crippen LogP contribution in [0.4, 0.5) is 11.8 Å². The van der Waals surface area contributed by atoms with Gasteiger partial charge in [0.15, 0.2) is 0 Å². The Kier molecular flexibility index (Phi) is 5.59. The van der Waals surface area contributed by atoms with E-state index >= 15 is 0 Å². The summed E-state index contributed by atoms with van der Waals surface area (Å²) in [5.74, 6) is 1.64. The maximum atomic E-state index is 9.63. The summed E-state index contributed by atoms with van der Waals surface area (Å²) in [5.41, 5.74) is 0.967. The lowest BCUT2D eigenvalue weighted by molar-refractivity contribution is 0.254. The normalized spacial score (nSPS) is 19.8. The molecule has 0 amide bonds. The van der Waals surface area contributed by atoms with Crippen LogP contribution in [0.2, 0.25) is 0 Å². The van der Waals surface area contributed by atoms with Crippen molar-refractivity contribution in [1.82, 2.24) is 9.97 Å². The van der Waals surface area contributed by atoms with Gasteiger partial charge in [-0.2, -0.15) is 4.98 Å². The van der Waals surface area contributed by atoms with Crippen LogP contribution in [0.25, 0.3) is 0 Å². The van der Waals surface area contributed by atoms with E-state index in [9.17, 15) is 5.11 Å². The lowest BCUT2D eigenvalue weighted by atomic mass is 10.1. The molecule has 5 heteroatoms. The van der Waals surface area contributed by atoms with Gasteiger partial charge in [-0.1, -0.05) is 19.8 Å². The van der Waals surface area contributed by atoms with Crippen LogP contribution in [0, 0.1) is 6.92 Å². The summed E-state index contributed by atoms with van der Waals surface area (Å²) in [7, 11) is 0. The van der Waals surface area contributed by atoms with E-state index in [4.69, 9.17) is 0 Å². The molecule has 2 N–H and O–H groups in total. The zero-order valence-corrected chi connectivity index (χ0v) is 12.6. The van der Waals surface area contributed by atoms with Crippen molar-refractivity contribution in [1.29, 1.82) is 0 Å². The number of aliphatic hydroxyl groups is 1. The van der Waals surface area contributed by atoms with Crippen LogP contribution >= 0.6 is 0 Å². The number of nitrogens with zero attached hydrogens (tertiary/aromatic N) is 3. The quantitative estimate of drug-likeness (QED) is 0.865. The minimum atomic E-state index is 0.186. The van der Waals surface area contributed by atoms with E-state index in [0.717, 1.165) is 43.9 Å². The van der Waals surface area contributed by atoms with E-state index in [-0.39, 0.29) is 12.6 Å². The molecule has 1 unspecified atom stereocenters. The number of aryl methyl sites for hydroxylation is 1. The van der Waals surface area contributed by atoms with Gasteiger partial charge >= 0.3 is 0 Å². The molecule has 112 valence electrons. The first-order chi connectivity index (χ1) is 9.74. The fraction of sp³-hybridized carbons (Fsp3) is 0.733. The molecule has 1 saturated heterocycles. The van der Waals surface area contributed by atoms with E-state index in [0.29, 0.717) is 5.95 Å². The van der Waals surface area contributed by atoms with Crippen molar-refractivity contribution in [2.45, 2.75) is 52.0 Å². The minimum absolute atomic E-state index is 0.186. The summed E-state index contributed by atoms with van der Waals surface area (Å²) < 4.78 is 0. The summed E-state index contributed by atoms with van der Waals surface area (Å²) in [4.78, 5) is 11.3. The van der Waals surface area contributed by atoms with Crippen LogP contribution in [-0.4, -0.2) is 40.8 Å². The van der Waals surface area contributed by atoms with Crippen molar-refractivity contribution in [2.24, 2.45) is 0 Å². The number of hydrogen-bond acceptors (Lipinski definition) is 5. The monoisotopic (exact) mass is 278 g/mol. The van der Waals surface area contributed by atoms with E-state index in [1.54, 1.807) is 0 Å². The highest BCUT2D eigenvalue weighted by Crippen LogP contribution is 2.23. The van der Waals surface area contributed by atoms with Crippen molar-refractivity contribution >= 4 is 11.8 Å². The average molecular weight is 278 g/mol. The molecule has 0 aliphatic carbocycles. The van der Waals surface area contributed by atoms with Crippen molar-refractivity contribution in [3.05, 3.63) is 11.8 Å². The first-order valence-corrected chi connectivity index (χ1v) is 7.71. The Bertz CT molecular complexity index is 424. The molecule has 1 aliphatic heterocycles. The highest BCUT2D eigenvalue weighted by molar-refractivity contribution is 5.46. The van der Waals surface area contributed by atoms with Crippen LogP contribution in [0.1, 0.15) is 44.7 Å². The lowest BCUT2D eigenvalue weighted by Crippen LogP contribution is -2.38. The van der Waals surface area contributed by atoms with Crippen LogP contribution < -0.4 is 10.2 Å². The SMILES string of the molecule is CCCNc1nc(C)cc(N2CCCCCC2CO)n1. The van der Waals surface area contributed by atoms with Gasteiger partial charge in [0.2, 0.25) is 5.95 Å². The molecule has 2 heterocycles. The van der Waals surface area contributed by atoms with E-state index < -0.39 is 0 Å². The fourth-order valence-corrected chi connectivity index (χ4v) is 2.68. The molecule has 1 aromatic heterocycles. The topological polar surface area (TPSA) is 61.3 Å². The second-order valence-corrected chi connectivity index (χ2v) is 5.50. The second-order valence-electron chi connectivity index (χ2n) is 5.50. The zero-order valence-electron chi connectivity index (χ0n) is 12.6. The molecule has 0 aromatic carbocycles. The van der Waals surface area contributed by atoms with Gasteiger partial charge in [-0.25, -0.2) is 4.98 Å². The van der Waals surface area contributed by atoms with Crippen LogP contribution in [0.5, 0.6) is 0 Å². The van der Waals surface area contributed by atoms with Gasteiger partial charge in [0.1, 0.15) is 5.82 Å². The molecule has 0 spiro atoms. The number of aliphatic hydroxyl groups excluding tert-OH is 1. The highest BCUT2D eigenvalue weighted by atomic mass is 16.3. The summed E-state index contributed by atoms with van der Waals surface area (Å²) >= 11 is 0. The second kappa shape index (κ2) is 7.43. The largest absolute Gasteiger partial charge is 0.394 e. The number of anilines is 2. The predicted molar refractivity (Wildman–Crippen MR) is 82.2 cm³/mol. The van der Waals surface area contributed by atoms with Crippen molar-refractivity contribution < 1.29 is 5.11 Å². The number of nitrogens with one attached hydrogen (secondary N) is 1. The van der Waals surface area contributed by atoms with Crippen LogP contribution in [0.3, 0.4) is 0 Å². The van der Waals surface area contributed by atoms with Gasteiger partial charge in [-0.15, -0.1) is 0 Å². The zero-order chi connectivity index (χ0) is 14.4. The molecule has 20 heavy (non-hydrogen) atoms. The average Bonchev–Trinajstić information content (AvgIpc) is 2.69. The summed E-state index contributed by atoms with van der Waals surface area (Å²) in [5, 5.41) is 12.9. The molecule has 5 nitrogen and oxygen atoms in total. The van der Waals surface area contributed by atoms with Gasteiger partial charge in [-0.3, -0.25) is 0 Å². The van der Waals surface area contributed by atoms with Gasteiger partial charge in [0.05, 0.1) is 12.6 Å². The molecule has 2 rings (SSSR count). The van der Waals surface area contributed by atoms with Crippen LogP contribution in [-0.2, 0) is 0 Å². The molecule has 1 aliphatic rings. The molecule has 1 fully saturated rings. The standard InChI is InChI=1S/C15H26N4O/c1-3-8-16-15-17-12(2)10-14(18-15)19-9-6-4-5-7-13(19)11-20/h10,13,20H,3-9,11H2,1-2H3,(H,16,17,18). The van der Waals surface area contributed by atoms with Gasteiger partial charge < -0.3 is 15.3 Å². The Morgan fingerprint density at radius 1 is 1.35 bits per heavy atom. The smallest absolute Gasteiger partial charge is 0.224 e. The minimum Gasteiger partial charge on any atom is -0.394 e. The molecule has 0 radical (unpaired) electrons. The van der Waals surface area contributed by atoms with Crippen molar-refractivity contribution in [2.75, 3.05) is 29.9 Å². The Morgan fingerprint density at radius 3 is 2.95 bits per heavy atom. The van der Waals surface area contributed by atoms with E-state index in [1.807, 2.05) is 13.0 Å². The van der Waals surface area contributed by atoms with Crippen molar-refractivity contribution in [3.63, 3.8) is 0 Å². The van der Waals surface area contributed by atoms with Gasteiger partial charge in [-0.05, 0) is 26.2 Å². The van der Waals surface area contributed by atoms with Crippen LogP contribution in [0.15, 0.2) is 6.07 Å². The molecular weight excluding hydrogens is 252 g/mol. The van der Waals surface area contributed by atoms with Crippen molar-refractivity contribution in [3.8, 4) is 0 Å². The molecule has 1 aromatic rings. The van der Waals surface area contributed by atoms with Gasteiger partial charge in [0.25, 0.3) is 0 Å². The highest BCUT2D eigenvalue weighted by Gasteiger charge is 2.22. The molecule has 1 atom stereocenters. The maximum absolute atomic E-state index is 9.63. The first-order valence-electron chi connectivity index (χ1n) is 7.71. The van der Waals surface area contributed by atoms with E-state index in [2.05, 4.69) is 27.1 Å². The third-order valence-corrected chi connectivity index (χ3v) is 3.76. The molecule has 0 saturated carbocycles. The fourth-order valence-electron chi connectivity index (χ4n) is 2.68. The van der Waals surface area contributed by atoms with E-state index in [1.165, 1.54) is 12.8 Å². The predicted octanol–water partition coefficient (Wildman–Crippen LogP) is 2.35. The third kappa shape index (κ3) is 3.82. The Morgan fingerprint density at radius 2 is 2.20 bits per heavy atom. The number of hydrogen-bond donors (Lipinski definition) is 2. The first kappa shape index (κ1) is 15.0.